The van der Waals surface area contributed by atoms with Crippen LogP contribution in [0.2, 0.25) is 0 Å². The van der Waals surface area contributed by atoms with Crippen molar-refractivity contribution in [1.29, 1.82) is 0 Å². The molecule has 0 radical (unpaired) electrons. The van der Waals surface area contributed by atoms with Gasteiger partial charge in [0.05, 0.1) is 29.7 Å². The molecule has 3 rings (SSSR count). The van der Waals surface area contributed by atoms with Crippen LogP contribution >= 0.6 is 0 Å². The standard InChI is InChI=1S/C23H28N4.2C2H6/c1-5-17(6-2)15-27(16-22-25-19(7-3)20(8-4)26-22)21-13-9-11-18-12-10-14-24-23(18)21;2*1-2/h5-8,10,12,14,21H,1,3-4,9,11,13,15-16H2,2H3,(H,25,26);2*1-2H3/b17-6+;;. The third-order valence-corrected chi connectivity index (χ3v) is 5.19. The van der Waals surface area contributed by atoms with Gasteiger partial charge in [-0.25, -0.2) is 4.98 Å². The molecule has 4 heteroatoms. The third-order valence-electron chi connectivity index (χ3n) is 5.19. The Morgan fingerprint density at radius 2 is 1.94 bits per heavy atom. The fraction of sp³-hybridized carbons (Fsp3) is 0.407. The summed E-state index contributed by atoms with van der Waals surface area (Å²) >= 11 is 0. The Bertz CT molecular complexity index is 834. The molecule has 1 aliphatic carbocycles. The molecule has 0 saturated carbocycles. The van der Waals surface area contributed by atoms with Gasteiger partial charge in [0.15, 0.2) is 0 Å². The number of hydrogen-bond donors (Lipinski definition) is 1. The summed E-state index contributed by atoms with van der Waals surface area (Å²) in [6.07, 6.45) is 12.9. The van der Waals surface area contributed by atoms with Gasteiger partial charge in [-0.15, -0.1) is 0 Å². The Morgan fingerprint density at radius 3 is 2.52 bits per heavy atom. The number of aromatic amines is 1. The van der Waals surface area contributed by atoms with Gasteiger partial charge in [0.1, 0.15) is 5.82 Å². The molecular formula is C27H40N4. The molecule has 1 aliphatic rings. The normalized spacial score (nSPS) is 15.0. The molecular weight excluding hydrogens is 380 g/mol. The van der Waals surface area contributed by atoms with E-state index in [-0.39, 0.29) is 6.04 Å². The van der Waals surface area contributed by atoms with E-state index in [2.05, 4.69) is 48.7 Å². The third kappa shape index (κ3) is 6.90. The fourth-order valence-corrected chi connectivity index (χ4v) is 3.76. The van der Waals surface area contributed by atoms with Gasteiger partial charge in [0.25, 0.3) is 0 Å². The van der Waals surface area contributed by atoms with E-state index in [9.17, 15) is 0 Å². The maximum atomic E-state index is 4.73. The summed E-state index contributed by atoms with van der Waals surface area (Å²) in [7, 11) is 0. The average Bonchev–Trinajstić information content (AvgIpc) is 3.26. The number of nitrogens with one attached hydrogen (secondary N) is 1. The summed E-state index contributed by atoms with van der Waals surface area (Å²) in [4.78, 5) is 15.2. The molecule has 2 aromatic heterocycles. The van der Waals surface area contributed by atoms with E-state index in [1.807, 2.05) is 46.0 Å². The topological polar surface area (TPSA) is 44.8 Å². The van der Waals surface area contributed by atoms with Crippen LogP contribution in [0.25, 0.3) is 12.2 Å². The summed E-state index contributed by atoms with van der Waals surface area (Å²) in [5.41, 5.74) is 5.52. The Kier molecular flexibility index (Phi) is 12.2. The van der Waals surface area contributed by atoms with Crippen molar-refractivity contribution >= 4 is 12.2 Å². The highest BCUT2D eigenvalue weighted by atomic mass is 15.2. The summed E-state index contributed by atoms with van der Waals surface area (Å²) < 4.78 is 0. The zero-order valence-electron chi connectivity index (χ0n) is 20.1. The first-order valence-electron chi connectivity index (χ1n) is 11.5. The van der Waals surface area contributed by atoms with E-state index >= 15 is 0 Å². The van der Waals surface area contributed by atoms with E-state index in [1.54, 1.807) is 12.2 Å². The van der Waals surface area contributed by atoms with Gasteiger partial charge in [-0.05, 0) is 55.5 Å². The maximum absolute atomic E-state index is 4.73. The van der Waals surface area contributed by atoms with Gasteiger partial charge >= 0.3 is 0 Å². The first-order valence-corrected chi connectivity index (χ1v) is 11.5. The van der Waals surface area contributed by atoms with E-state index in [0.717, 1.165) is 36.6 Å². The predicted octanol–water partition coefficient (Wildman–Crippen LogP) is 7.16. The quantitative estimate of drug-likeness (QED) is 0.461. The number of fused-ring (bicyclic) bond motifs is 1. The zero-order valence-corrected chi connectivity index (χ0v) is 20.1. The van der Waals surface area contributed by atoms with Gasteiger partial charge in [-0.2, -0.15) is 0 Å². The second-order valence-corrected chi connectivity index (χ2v) is 6.82. The Labute approximate surface area is 189 Å². The molecule has 1 unspecified atom stereocenters. The molecule has 0 aromatic carbocycles. The van der Waals surface area contributed by atoms with Crippen LogP contribution in [0.5, 0.6) is 0 Å². The largest absolute Gasteiger partial charge is 0.341 e. The van der Waals surface area contributed by atoms with Crippen LogP contribution in [0.4, 0.5) is 0 Å². The van der Waals surface area contributed by atoms with Crippen LogP contribution in [-0.4, -0.2) is 26.4 Å². The maximum Gasteiger partial charge on any atom is 0.121 e. The number of pyridine rings is 1. The van der Waals surface area contributed by atoms with Gasteiger partial charge in [-0.3, -0.25) is 9.88 Å². The Balaban J connectivity index is 0.00000113. The molecule has 0 saturated heterocycles. The smallest absolute Gasteiger partial charge is 0.121 e. The van der Waals surface area contributed by atoms with Gasteiger partial charge in [0.2, 0.25) is 0 Å². The predicted molar refractivity (Wildman–Crippen MR) is 136 cm³/mol. The lowest BCUT2D eigenvalue weighted by molar-refractivity contribution is 0.178. The van der Waals surface area contributed by atoms with Crippen molar-refractivity contribution in [1.82, 2.24) is 19.9 Å². The van der Waals surface area contributed by atoms with Crippen LogP contribution in [0.3, 0.4) is 0 Å². The number of allylic oxidation sites excluding steroid dienone is 1. The number of H-pyrrole nitrogens is 1. The van der Waals surface area contributed by atoms with Crippen LogP contribution < -0.4 is 0 Å². The molecule has 0 spiro atoms. The van der Waals surface area contributed by atoms with Crippen molar-refractivity contribution in [2.45, 2.75) is 66.5 Å². The Hall–Kier alpha value is -2.72. The molecule has 2 aromatic rings. The summed E-state index contributed by atoms with van der Waals surface area (Å²) in [6.45, 7) is 23.3. The summed E-state index contributed by atoms with van der Waals surface area (Å²) in [5, 5.41) is 0. The van der Waals surface area contributed by atoms with E-state index in [1.165, 1.54) is 23.3 Å². The van der Waals surface area contributed by atoms with E-state index < -0.39 is 0 Å². The highest BCUT2D eigenvalue weighted by molar-refractivity contribution is 5.57. The minimum atomic E-state index is 0.273. The number of imidazole rings is 1. The van der Waals surface area contributed by atoms with E-state index in [0.29, 0.717) is 6.54 Å². The highest BCUT2D eigenvalue weighted by Crippen LogP contribution is 2.34. The van der Waals surface area contributed by atoms with Crippen LogP contribution in [-0.2, 0) is 13.0 Å². The molecule has 4 nitrogen and oxygen atoms in total. The summed E-state index contributed by atoms with van der Waals surface area (Å²) in [5.74, 6) is 0.919. The number of rotatable bonds is 8. The minimum absolute atomic E-state index is 0.273. The lowest BCUT2D eigenvalue weighted by Gasteiger charge is -2.34. The van der Waals surface area contributed by atoms with Crippen molar-refractivity contribution < 1.29 is 0 Å². The summed E-state index contributed by atoms with van der Waals surface area (Å²) in [6, 6.07) is 4.51. The van der Waals surface area contributed by atoms with Crippen molar-refractivity contribution in [3.63, 3.8) is 0 Å². The van der Waals surface area contributed by atoms with Gasteiger partial charge in [-0.1, -0.05) is 65.7 Å². The van der Waals surface area contributed by atoms with Gasteiger partial charge in [0, 0.05) is 12.7 Å². The molecule has 0 fully saturated rings. The zero-order chi connectivity index (χ0) is 23.2. The molecule has 31 heavy (non-hydrogen) atoms. The number of aromatic nitrogens is 3. The van der Waals surface area contributed by atoms with Crippen molar-refractivity contribution in [2.24, 2.45) is 0 Å². The lowest BCUT2D eigenvalue weighted by Crippen LogP contribution is -2.33. The molecule has 1 N–H and O–H groups in total. The average molecular weight is 421 g/mol. The SMILES string of the molecule is C=C/C(=C\C)CN(Cc1nc(C=C)c(C=C)[nH]1)C1CCCc2cccnc21.CC.CC. The molecule has 0 aliphatic heterocycles. The van der Waals surface area contributed by atoms with Crippen molar-refractivity contribution in [3.8, 4) is 0 Å². The second kappa shape index (κ2) is 14.3. The van der Waals surface area contributed by atoms with Gasteiger partial charge < -0.3 is 4.98 Å². The first kappa shape index (κ1) is 26.3. The van der Waals surface area contributed by atoms with E-state index in [4.69, 9.17) is 9.97 Å². The number of nitrogens with zero attached hydrogens (tertiary/aromatic N) is 3. The Morgan fingerprint density at radius 1 is 1.19 bits per heavy atom. The lowest BCUT2D eigenvalue weighted by atomic mass is 9.90. The fourth-order valence-electron chi connectivity index (χ4n) is 3.76. The molecule has 168 valence electrons. The number of aryl methyl sites for hydroxylation is 1. The van der Waals surface area contributed by atoms with Crippen LogP contribution in [0.1, 0.15) is 82.0 Å². The monoisotopic (exact) mass is 420 g/mol. The second-order valence-electron chi connectivity index (χ2n) is 6.82. The molecule has 0 bridgehead atoms. The van der Waals surface area contributed by atoms with Crippen molar-refractivity contribution in [3.05, 3.63) is 84.3 Å². The molecule has 2 heterocycles. The van der Waals surface area contributed by atoms with Crippen LogP contribution in [0.15, 0.2) is 55.8 Å². The minimum Gasteiger partial charge on any atom is -0.341 e. The van der Waals surface area contributed by atoms with Crippen molar-refractivity contribution in [2.75, 3.05) is 6.54 Å². The number of hydrogen-bond acceptors (Lipinski definition) is 3. The highest BCUT2D eigenvalue weighted by Gasteiger charge is 2.28. The molecule has 0 amide bonds. The molecule has 1 atom stereocenters. The van der Waals surface area contributed by atoms with Crippen LogP contribution in [0, 0.1) is 0 Å². The first-order chi connectivity index (χ1) is 15.2.